The molecule has 2 fully saturated rings. The van der Waals surface area contributed by atoms with Crippen LogP contribution in [-0.4, -0.2) is 45.1 Å². The summed E-state index contributed by atoms with van der Waals surface area (Å²) in [4.78, 5) is 23.5. The van der Waals surface area contributed by atoms with E-state index in [2.05, 4.69) is 9.97 Å². The number of carbonyl (C=O) groups is 1. The fraction of sp³-hybridized carbons (Fsp3) is 0.450. The van der Waals surface area contributed by atoms with Crippen LogP contribution in [0.15, 0.2) is 42.9 Å². The van der Waals surface area contributed by atoms with Crippen LogP contribution in [0.1, 0.15) is 30.5 Å². The lowest BCUT2D eigenvalue weighted by molar-refractivity contribution is -0.140. The van der Waals surface area contributed by atoms with Crippen LogP contribution in [-0.2, 0) is 16.6 Å². The first-order chi connectivity index (χ1) is 12.6. The molecule has 2 heterocycles. The van der Waals surface area contributed by atoms with Crippen LogP contribution in [0.5, 0.6) is 0 Å². The van der Waals surface area contributed by atoms with Crippen molar-refractivity contribution >= 4 is 17.5 Å². The number of amides is 1. The number of halogens is 1. The second-order valence-electron chi connectivity index (χ2n) is 7.38. The molecule has 4 rings (SSSR count). The monoisotopic (exact) mass is 371 g/mol. The molecule has 2 aromatic rings. The molecule has 0 bridgehead atoms. The molecule has 6 heteroatoms. The summed E-state index contributed by atoms with van der Waals surface area (Å²) >= 11 is 6.01. The first-order valence-electron chi connectivity index (χ1n) is 9.07. The fourth-order valence-corrected chi connectivity index (χ4v) is 4.28. The molecule has 2 aliphatic rings. The third kappa shape index (κ3) is 3.10. The lowest BCUT2D eigenvalue weighted by atomic mass is 9.63. The summed E-state index contributed by atoms with van der Waals surface area (Å²) in [6, 6.07) is 7.62. The summed E-state index contributed by atoms with van der Waals surface area (Å²) in [5, 5.41) is 11.2. The van der Waals surface area contributed by atoms with Gasteiger partial charge in [-0.3, -0.25) is 14.8 Å². The Morgan fingerprint density at radius 3 is 2.62 bits per heavy atom. The Bertz CT molecular complexity index is 777. The molecule has 1 aliphatic heterocycles. The fourth-order valence-electron chi connectivity index (χ4n) is 4.15. The Balaban J connectivity index is 1.50. The van der Waals surface area contributed by atoms with Gasteiger partial charge in [0.15, 0.2) is 0 Å². The summed E-state index contributed by atoms with van der Waals surface area (Å²) in [6.45, 7) is 0.949. The third-order valence-corrected chi connectivity index (χ3v) is 6.05. The number of benzene rings is 1. The molecular formula is C20H22ClN3O2. The summed E-state index contributed by atoms with van der Waals surface area (Å²) in [5.41, 5.74) is 1.43. The number of rotatable bonds is 4. The molecule has 5 nitrogen and oxygen atoms in total. The largest absolute Gasteiger partial charge is 0.391 e. The molecule has 1 aromatic heterocycles. The van der Waals surface area contributed by atoms with Crippen molar-refractivity contribution in [3.8, 4) is 0 Å². The summed E-state index contributed by atoms with van der Waals surface area (Å²) in [5.74, 6) is 0.129. The number of carbonyl (C=O) groups excluding carboxylic acids is 1. The highest BCUT2D eigenvalue weighted by Crippen LogP contribution is 2.46. The van der Waals surface area contributed by atoms with Gasteiger partial charge in [-0.2, -0.15) is 0 Å². The Hall–Kier alpha value is -1.98. The highest BCUT2D eigenvalue weighted by atomic mass is 35.5. The van der Waals surface area contributed by atoms with Crippen LogP contribution in [0, 0.1) is 5.92 Å². The van der Waals surface area contributed by atoms with E-state index in [1.165, 1.54) is 0 Å². The topological polar surface area (TPSA) is 66.3 Å². The number of hydrogen-bond donors (Lipinski definition) is 1. The van der Waals surface area contributed by atoms with Gasteiger partial charge >= 0.3 is 0 Å². The van der Waals surface area contributed by atoms with Gasteiger partial charge in [0, 0.05) is 42.6 Å². The van der Waals surface area contributed by atoms with Crippen molar-refractivity contribution in [2.45, 2.75) is 37.2 Å². The van der Waals surface area contributed by atoms with Crippen molar-refractivity contribution in [1.29, 1.82) is 0 Å². The van der Waals surface area contributed by atoms with Gasteiger partial charge in [0.05, 0.1) is 17.2 Å². The summed E-state index contributed by atoms with van der Waals surface area (Å²) in [7, 11) is 0. The number of likely N-dealkylation sites (tertiary alicyclic amines) is 1. The van der Waals surface area contributed by atoms with E-state index in [1.807, 2.05) is 29.2 Å². The molecule has 1 saturated heterocycles. The van der Waals surface area contributed by atoms with Crippen molar-refractivity contribution in [2.75, 3.05) is 13.1 Å². The third-order valence-electron chi connectivity index (χ3n) is 5.79. The molecule has 136 valence electrons. The number of aliphatic hydroxyl groups is 1. The Morgan fingerprint density at radius 1 is 1.23 bits per heavy atom. The van der Waals surface area contributed by atoms with Gasteiger partial charge in [0.25, 0.3) is 0 Å². The van der Waals surface area contributed by atoms with Gasteiger partial charge in [-0.1, -0.05) is 30.2 Å². The lowest BCUT2D eigenvalue weighted by Crippen LogP contribution is -2.50. The molecule has 1 aliphatic carbocycles. The zero-order chi connectivity index (χ0) is 18.1. The minimum atomic E-state index is -0.525. The Morgan fingerprint density at radius 2 is 2.00 bits per heavy atom. The zero-order valence-electron chi connectivity index (χ0n) is 14.5. The molecule has 1 saturated carbocycles. The average Bonchev–Trinajstić information content (AvgIpc) is 2.97. The molecule has 0 unspecified atom stereocenters. The van der Waals surface area contributed by atoms with Crippen molar-refractivity contribution in [2.24, 2.45) is 5.92 Å². The van der Waals surface area contributed by atoms with E-state index in [9.17, 15) is 9.90 Å². The van der Waals surface area contributed by atoms with Gasteiger partial charge in [0.2, 0.25) is 5.91 Å². The molecule has 1 amide bonds. The van der Waals surface area contributed by atoms with Gasteiger partial charge < -0.3 is 10.0 Å². The zero-order valence-corrected chi connectivity index (χ0v) is 15.3. The molecule has 0 radical (unpaired) electrons. The maximum absolute atomic E-state index is 13.3. The lowest BCUT2D eigenvalue weighted by Gasteiger charge is -2.43. The van der Waals surface area contributed by atoms with Gasteiger partial charge in [-0.05, 0) is 37.0 Å². The van der Waals surface area contributed by atoms with Crippen LogP contribution in [0.25, 0.3) is 0 Å². The van der Waals surface area contributed by atoms with E-state index in [1.54, 1.807) is 18.6 Å². The second kappa shape index (κ2) is 6.97. The van der Waals surface area contributed by atoms with E-state index in [0.717, 1.165) is 30.5 Å². The van der Waals surface area contributed by atoms with Crippen LogP contribution in [0.3, 0.4) is 0 Å². The van der Waals surface area contributed by atoms with Crippen molar-refractivity contribution in [1.82, 2.24) is 14.9 Å². The number of nitrogens with zero attached hydrogens (tertiary/aromatic N) is 3. The molecule has 1 aromatic carbocycles. The van der Waals surface area contributed by atoms with Crippen molar-refractivity contribution in [3.05, 3.63) is 59.1 Å². The predicted octanol–water partition coefficient (Wildman–Crippen LogP) is 2.61. The highest BCUT2D eigenvalue weighted by molar-refractivity contribution is 6.30. The van der Waals surface area contributed by atoms with Gasteiger partial charge in [0.1, 0.15) is 0 Å². The SMILES string of the molecule is O=C(N1C[C@@H](Cc2cnccn2)[C@H](O)C1)C1(c2ccc(Cl)cc2)CCC1. The minimum Gasteiger partial charge on any atom is -0.391 e. The van der Waals surface area contributed by atoms with E-state index in [-0.39, 0.29) is 11.8 Å². The van der Waals surface area contributed by atoms with E-state index in [0.29, 0.717) is 24.5 Å². The van der Waals surface area contributed by atoms with Crippen molar-refractivity contribution in [3.63, 3.8) is 0 Å². The van der Waals surface area contributed by atoms with Crippen LogP contribution in [0.2, 0.25) is 5.02 Å². The van der Waals surface area contributed by atoms with E-state index >= 15 is 0 Å². The highest BCUT2D eigenvalue weighted by Gasteiger charge is 2.49. The second-order valence-corrected chi connectivity index (χ2v) is 7.82. The predicted molar refractivity (Wildman–Crippen MR) is 98.8 cm³/mol. The first-order valence-corrected chi connectivity index (χ1v) is 9.45. The number of aromatic nitrogens is 2. The quantitative estimate of drug-likeness (QED) is 0.897. The normalized spacial score (nSPS) is 24.3. The van der Waals surface area contributed by atoms with Gasteiger partial charge in [-0.15, -0.1) is 0 Å². The summed E-state index contributed by atoms with van der Waals surface area (Å²) < 4.78 is 0. The average molecular weight is 372 g/mol. The minimum absolute atomic E-state index is 0.00186. The molecule has 2 atom stereocenters. The Kier molecular flexibility index (Phi) is 4.67. The molecule has 26 heavy (non-hydrogen) atoms. The Labute approximate surface area is 158 Å². The standard InChI is InChI=1S/C20H22ClN3O2/c21-16-4-2-15(3-5-16)20(6-1-7-20)19(26)24-12-14(18(25)13-24)10-17-11-22-8-9-23-17/h2-5,8-9,11,14,18,25H,1,6-7,10,12-13H2/t14-,18-/m1/s1. The number of aliphatic hydroxyl groups excluding tert-OH is 1. The van der Waals surface area contributed by atoms with Crippen LogP contribution >= 0.6 is 11.6 Å². The molecular weight excluding hydrogens is 350 g/mol. The first kappa shape index (κ1) is 17.4. The van der Waals surface area contributed by atoms with Gasteiger partial charge in [-0.25, -0.2) is 0 Å². The number of hydrogen-bond acceptors (Lipinski definition) is 4. The van der Waals surface area contributed by atoms with Crippen LogP contribution < -0.4 is 0 Å². The maximum Gasteiger partial charge on any atom is 0.233 e. The van der Waals surface area contributed by atoms with E-state index < -0.39 is 11.5 Å². The molecule has 1 N–H and O–H groups in total. The summed E-state index contributed by atoms with van der Waals surface area (Å²) in [6.07, 6.45) is 7.88. The smallest absolute Gasteiger partial charge is 0.233 e. The van der Waals surface area contributed by atoms with Crippen molar-refractivity contribution < 1.29 is 9.90 Å². The maximum atomic E-state index is 13.3. The van der Waals surface area contributed by atoms with Crippen LogP contribution in [0.4, 0.5) is 0 Å². The number of β-amino-alcohol motifs (C(OH)–C–C–N with tert-alkyl or cyclic N) is 1. The molecule has 0 spiro atoms. The van der Waals surface area contributed by atoms with E-state index in [4.69, 9.17) is 11.6 Å².